The molecule has 0 bridgehead atoms. The van der Waals surface area contributed by atoms with Crippen LogP contribution < -0.4 is 0 Å². The zero-order chi connectivity index (χ0) is 12.9. The molecule has 3 heterocycles. The summed E-state index contributed by atoms with van der Waals surface area (Å²) < 4.78 is 4.02. The van der Waals surface area contributed by atoms with Gasteiger partial charge in [-0.05, 0) is 32.9 Å². The fraction of sp³-hybridized carbons (Fsp3) is 0.286. The van der Waals surface area contributed by atoms with Gasteiger partial charge in [-0.15, -0.1) is 0 Å². The summed E-state index contributed by atoms with van der Waals surface area (Å²) in [7, 11) is 1.97. The monoisotopic (exact) mass is 240 g/mol. The van der Waals surface area contributed by atoms with Crippen molar-refractivity contribution in [2.75, 3.05) is 0 Å². The molecule has 0 aliphatic rings. The Morgan fingerprint density at radius 3 is 2.50 bits per heavy atom. The first-order valence-corrected chi connectivity index (χ1v) is 6.03. The van der Waals surface area contributed by atoms with Crippen molar-refractivity contribution in [3.05, 3.63) is 41.5 Å². The number of rotatable bonds is 1. The number of hydrogen-bond donors (Lipinski definition) is 0. The Morgan fingerprint density at radius 2 is 1.89 bits per heavy atom. The molecule has 3 aromatic heterocycles. The molecule has 0 N–H and O–H groups in total. The lowest BCUT2D eigenvalue weighted by Crippen LogP contribution is -1.92. The molecule has 92 valence electrons. The Morgan fingerprint density at radius 1 is 1.11 bits per heavy atom. The number of hydrogen-bond acceptors (Lipinski definition) is 2. The fourth-order valence-electron chi connectivity index (χ4n) is 2.41. The summed E-state index contributed by atoms with van der Waals surface area (Å²) >= 11 is 0. The van der Waals surface area contributed by atoms with Crippen LogP contribution in [0.3, 0.4) is 0 Å². The van der Waals surface area contributed by atoms with Crippen LogP contribution >= 0.6 is 0 Å². The van der Waals surface area contributed by atoms with Gasteiger partial charge in [0.2, 0.25) is 0 Å². The highest BCUT2D eigenvalue weighted by Crippen LogP contribution is 2.26. The van der Waals surface area contributed by atoms with E-state index in [0.717, 1.165) is 28.3 Å². The van der Waals surface area contributed by atoms with Crippen LogP contribution in [0.25, 0.3) is 16.9 Å². The van der Waals surface area contributed by atoms with Gasteiger partial charge in [-0.1, -0.05) is 6.07 Å². The van der Waals surface area contributed by atoms with Gasteiger partial charge in [0, 0.05) is 30.2 Å². The normalized spacial score (nSPS) is 11.3. The van der Waals surface area contributed by atoms with Gasteiger partial charge in [-0.2, -0.15) is 5.10 Å². The highest BCUT2D eigenvalue weighted by Gasteiger charge is 2.14. The molecule has 0 aromatic carbocycles. The maximum absolute atomic E-state index is 4.69. The van der Waals surface area contributed by atoms with Crippen molar-refractivity contribution in [1.29, 1.82) is 0 Å². The van der Waals surface area contributed by atoms with E-state index in [0.29, 0.717) is 0 Å². The van der Waals surface area contributed by atoms with Gasteiger partial charge in [0.1, 0.15) is 5.65 Å². The Kier molecular flexibility index (Phi) is 2.26. The third-order valence-corrected chi connectivity index (χ3v) is 3.46. The van der Waals surface area contributed by atoms with E-state index in [1.807, 2.05) is 30.8 Å². The van der Waals surface area contributed by atoms with Crippen molar-refractivity contribution < 1.29 is 0 Å². The van der Waals surface area contributed by atoms with Crippen LogP contribution in [-0.4, -0.2) is 19.2 Å². The van der Waals surface area contributed by atoms with Crippen LogP contribution in [0.4, 0.5) is 0 Å². The molecule has 0 saturated heterocycles. The second-order valence-corrected chi connectivity index (χ2v) is 4.69. The maximum atomic E-state index is 4.69. The smallest absolute Gasteiger partial charge is 0.137 e. The number of pyridine rings is 1. The van der Waals surface area contributed by atoms with Gasteiger partial charge < -0.3 is 4.40 Å². The van der Waals surface area contributed by atoms with E-state index in [4.69, 9.17) is 0 Å². The largest absolute Gasteiger partial charge is 0.304 e. The van der Waals surface area contributed by atoms with E-state index < -0.39 is 0 Å². The number of aryl methyl sites for hydroxylation is 3. The van der Waals surface area contributed by atoms with Gasteiger partial charge in [-0.25, -0.2) is 4.98 Å². The van der Waals surface area contributed by atoms with Crippen molar-refractivity contribution in [3.8, 4) is 11.3 Å². The number of nitrogens with zero attached hydrogens (tertiary/aromatic N) is 4. The third-order valence-electron chi connectivity index (χ3n) is 3.46. The minimum Gasteiger partial charge on any atom is -0.304 e. The predicted molar refractivity (Wildman–Crippen MR) is 71.6 cm³/mol. The molecule has 0 fully saturated rings. The first-order chi connectivity index (χ1) is 8.58. The molecule has 0 unspecified atom stereocenters. The molecular formula is C14H16N4. The lowest BCUT2D eigenvalue weighted by molar-refractivity contribution is 0.731. The van der Waals surface area contributed by atoms with E-state index in [-0.39, 0.29) is 0 Å². The minimum atomic E-state index is 0.979. The summed E-state index contributed by atoms with van der Waals surface area (Å²) in [5.41, 5.74) is 6.47. The number of aromatic nitrogens is 4. The molecule has 4 nitrogen and oxygen atoms in total. The summed E-state index contributed by atoms with van der Waals surface area (Å²) in [6.07, 6.45) is 2.08. The maximum Gasteiger partial charge on any atom is 0.137 e. The molecule has 0 saturated carbocycles. The average molecular weight is 240 g/mol. The number of imidazole rings is 1. The molecule has 0 spiro atoms. The third kappa shape index (κ3) is 1.45. The summed E-state index contributed by atoms with van der Waals surface area (Å²) in [6, 6.07) is 6.14. The number of fused-ring (bicyclic) bond motifs is 1. The van der Waals surface area contributed by atoms with Gasteiger partial charge in [0.05, 0.1) is 11.4 Å². The van der Waals surface area contributed by atoms with E-state index in [1.54, 1.807) is 0 Å². The van der Waals surface area contributed by atoms with Crippen LogP contribution in [0, 0.1) is 20.8 Å². The summed E-state index contributed by atoms with van der Waals surface area (Å²) in [5.74, 6) is 0. The van der Waals surface area contributed by atoms with Crippen molar-refractivity contribution >= 4 is 5.65 Å². The first kappa shape index (κ1) is 11.0. The second-order valence-electron chi connectivity index (χ2n) is 4.69. The highest BCUT2D eigenvalue weighted by molar-refractivity contribution is 5.67. The first-order valence-electron chi connectivity index (χ1n) is 6.03. The van der Waals surface area contributed by atoms with Gasteiger partial charge in [0.15, 0.2) is 0 Å². The van der Waals surface area contributed by atoms with Gasteiger partial charge in [0.25, 0.3) is 0 Å². The summed E-state index contributed by atoms with van der Waals surface area (Å²) in [4.78, 5) is 4.69. The van der Waals surface area contributed by atoms with Crippen molar-refractivity contribution in [2.45, 2.75) is 20.8 Å². The lowest BCUT2D eigenvalue weighted by atomic mass is 10.1. The zero-order valence-corrected chi connectivity index (χ0v) is 11.1. The van der Waals surface area contributed by atoms with Crippen molar-refractivity contribution in [2.24, 2.45) is 7.05 Å². The Labute approximate surface area is 106 Å². The standard InChI is InChI=1S/C14H16N4/c1-9-6-5-7-13-15-12(8-18(9)13)14-10(2)16-17(4)11(14)3/h5-8H,1-4H3. The Bertz CT molecular complexity index is 734. The Balaban J connectivity index is 2.29. The molecule has 0 amide bonds. The molecule has 0 aliphatic carbocycles. The van der Waals surface area contributed by atoms with Crippen LogP contribution in [0.15, 0.2) is 24.4 Å². The van der Waals surface area contributed by atoms with Gasteiger partial charge in [-0.3, -0.25) is 4.68 Å². The van der Waals surface area contributed by atoms with E-state index >= 15 is 0 Å². The van der Waals surface area contributed by atoms with E-state index in [2.05, 4.69) is 40.6 Å². The second kappa shape index (κ2) is 3.70. The van der Waals surface area contributed by atoms with Crippen LogP contribution in [0.5, 0.6) is 0 Å². The summed E-state index contributed by atoms with van der Waals surface area (Å²) in [6.45, 7) is 6.19. The van der Waals surface area contributed by atoms with Crippen LogP contribution in [0.1, 0.15) is 17.1 Å². The van der Waals surface area contributed by atoms with E-state index in [9.17, 15) is 0 Å². The molecule has 3 rings (SSSR count). The molecular weight excluding hydrogens is 224 g/mol. The summed E-state index contributed by atoms with van der Waals surface area (Å²) in [5, 5.41) is 4.45. The lowest BCUT2D eigenvalue weighted by Gasteiger charge is -1.97. The minimum absolute atomic E-state index is 0.979. The van der Waals surface area contributed by atoms with E-state index in [1.165, 1.54) is 5.69 Å². The highest BCUT2D eigenvalue weighted by atomic mass is 15.3. The van der Waals surface area contributed by atoms with Crippen LogP contribution in [-0.2, 0) is 7.05 Å². The predicted octanol–water partition coefficient (Wildman–Crippen LogP) is 2.66. The van der Waals surface area contributed by atoms with Crippen LogP contribution in [0.2, 0.25) is 0 Å². The average Bonchev–Trinajstić information content (AvgIpc) is 2.83. The SMILES string of the molecule is Cc1nn(C)c(C)c1-c1cn2c(C)cccc2n1. The van der Waals surface area contributed by atoms with Crippen molar-refractivity contribution in [1.82, 2.24) is 19.2 Å². The Hall–Kier alpha value is -2.10. The fourth-order valence-corrected chi connectivity index (χ4v) is 2.41. The molecule has 0 aliphatic heterocycles. The quantitative estimate of drug-likeness (QED) is 0.655. The molecule has 18 heavy (non-hydrogen) atoms. The topological polar surface area (TPSA) is 35.1 Å². The van der Waals surface area contributed by atoms with Crippen molar-refractivity contribution in [3.63, 3.8) is 0 Å². The van der Waals surface area contributed by atoms with Gasteiger partial charge >= 0.3 is 0 Å². The zero-order valence-electron chi connectivity index (χ0n) is 11.1. The molecule has 3 aromatic rings. The molecule has 0 radical (unpaired) electrons. The molecule has 4 heteroatoms. The molecule has 0 atom stereocenters.